The van der Waals surface area contributed by atoms with Crippen LogP contribution in [0.4, 0.5) is 0 Å². The lowest BCUT2D eigenvalue weighted by molar-refractivity contribution is -0.115. The van der Waals surface area contributed by atoms with Crippen molar-refractivity contribution in [2.45, 2.75) is 19.3 Å². The van der Waals surface area contributed by atoms with Crippen LogP contribution < -0.4 is 0 Å². The molecule has 2 nitrogen and oxygen atoms in total. The van der Waals surface area contributed by atoms with Crippen LogP contribution in [0, 0.1) is 0 Å². The van der Waals surface area contributed by atoms with Gasteiger partial charge in [-0.15, -0.1) is 0 Å². The summed E-state index contributed by atoms with van der Waals surface area (Å²) >= 11 is 0. The first kappa shape index (κ1) is 5.35. The zero-order valence-electron chi connectivity index (χ0n) is 4.55. The quantitative estimate of drug-likeness (QED) is 0.511. The van der Waals surface area contributed by atoms with Crippen LogP contribution in [0.15, 0.2) is 11.8 Å². The second-order valence-corrected chi connectivity index (χ2v) is 1.96. The molecule has 0 heterocycles. The SMILES string of the molecule is O=C1C=C(O)CCC1. The van der Waals surface area contributed by atoms with Crippen molar-refractivity contribution in [1.82, 2.24) is 0 Å². The Bertz CT molecular complexity index is 135. The molecule has 44 valence electrons. The zero-order chi connectivity index (χ0) is 5.98. The van der Waals surface area contributed by atoms with E-state index in [1.54, 1.807) is 0 Å². The first-order chi connectivity index (χ1) is 3.79. The van der Waals surface area contributed by atoms with E-state index in [1.807, 2.05) is 0 Å². The van der Waals surface area contributed by atoms with E-state index in [1.165, 1.54) is 6.08 Å². The highest BCUT2D eigenvalue weighted by atomic mass is 16.3. The van der Waals surface area contributed by atoms with E-state index in [-0.39, 0.29) is 11.5 Å². The van der Waals surface area contributed by atoms with Gasteiger partial charge in [0.05, 0.1) is 5.76 Å². The Morgan fingerprint density at radius 1 is 1.50 bits per heavy atom. The average molecular weight is 112 g/mol. The van der Waals surface area contributed by atoms with Gasteiger partial charge in [-0.25, -0.2) is 0 Å². The molecule has 0 unspecified atom stereocenters. The maximum atomic E-state index is 10.4. The Hall–Kier alpha value is -0.790. The van der Waals surface area contributed by atoms with Crippen molar-refractivity contribution in [3.05, 3.63) is 11.8 Å². The summed E-state index contributed by atoms with van der Waals surface area (Å²) in [6.45, 7) is 0. The fraction of sp³-hybridized carbons (Fsp3) is 0.500. The normalized spacial score (nSPS) is 20.5. The van der Waals surface area contributed by atoms with Crippen LogP contribution in [0.1, 0.15) is 19.3 Å². The van der Waals surface area contributed by atoms with Gasteiger partial charge < -0.3 is 5.11 Å². The third kappa shape index (κ3) is 1.09. The standard InChI is InChI=1S/C6H8O2/c7-5-2-1-3-6(8)4-5/h4,7H,1-3H2. The van der Waals surface area contributed by atoms with E-state index in [2.05, 4.69) is 0 Å². The zero-order valence-corrected chi connectivity index (χ0v) is 4.55. The molecule has 0 spiro atoms. The van der Waals surface area contributed by atoms with Crippen molar-refractivity contribution in [2.24, 2.45) is 0 Å². The lowest BCUT2D eigenvalue weighted by Crippen LogP contribution is -2.01. The fourth-order valence-corrected chi connectivity index (χ4v) is 0.774. The van der Waals surface area contributed by atoms with Gasteiger partial charge in [-0.1, -0.05) is 0 Å². The first-order valence-corrected chi connectivity index (χ1v) is 2.71. The van der Waals surface area contributed by atoms with Crippen LogP contribution in [-0.4, -0.2) is 10.9 Å². The van der Waals surface area contributed by atoms with E-state index >= 15 is 0 Å². The number of aliphatic hydroxyl groups is 1. The molecule has 0 aromatic heterocycles. The molecular formula is C6H8O2. The maximum absolute atomic E-state index is 10.4. The number of carbonyl (C=O) groups is 1. The van der Waals surface area contributed by atoms with E-state index in [0.717, 1.165) is 6.42 Å². The van der Waals surface area contributed by atoms with E-state index in [0.29, 0.717) is 12.8 Å². The molecule has 0 radical (unpaired) electrons. The average Bonchev–Trinajstić information content (AvgIpc) is 1.64. The summed E-state index contributed by atoms with van der Waals surface area (Å²) in [6.07, 6.45) is 3.39. The number of hydrogen-bond donors (Lipinski definition) is 1. The molecule has 0 saturated heterocycles. The molecule has 0 atom stereocenters. The molecule has 1 aliphatic rings. The maximum Gasteiger partial charge on any atom is 0.159 e. The van der Waals surface area contributed by atoms with E-state index < -0.39 is 0 Å². The van der Waals surface area contributed by atoms with Gasteiger partial charge in [-0.2, -0.15) is 0 Å². The lowest BCUT2D eigenvalue weighted by atomic mass is 10.1. The molecule has 1 N–H and O–H groups in total. The van der Waals surface area contributed by atoms with Crippen LogP contribution in [0.2, 0.25) is 0 Å². The van der Waals surface area contributed by atoms with Gasteiger partial charge >= 0.3 is 0 Å². The number of carbonyl (C=O) groups excluding carboxylic acids is 1. The Morgan fingerprint density at radius 2 is 2.25 bits per heavy atom. The second kappa shape index (κ2) is 1.99. The Kier molecular flexibility index (Phi) is 1.33. The van der Waals surface area contributed by atoms with Gasteiger partial charge in [0.25, 0.3) is 0 Å². The van der Waals surface area contributed by atoms with Crippen LogP contribution in [0.5, 0.6) is 0 Å². The van der Waals surface area contributed by atoms with E-state index in [4.69, 9.17) is 5.11 Å². The smallest absolute Gasteiger partial charge is 0.159 e. The summed E-state index contributed by atoms with van der Waals surface area (Å²) in [5.74, 6) is 0.287. The van der Waals surface area contributed by atoms with Crippen LogP contribution in [0.3, 0.4) is 0 Å². The van der Waals surface area contributed by atoms with Gasteiger partial charge in [-0.05, 0) is 6.42 Å². The minimum atomic E-state index is 0.0498. The molecule has 0 fully saturated rings. The first-order valence-electron chi connectivity index (χ1n) is 2.71. The highest BCUT2D eigenvalue weighted by molar-refractivity contribution is 5.90. The molecule has 0 aromatic carbocycles. The number of allylic oxidation sites excluding steroid dienone is 2. The molecule has 8 heavy (non-hydrogen) atoms. The second-order valence-electron chi connectivity index (χ2n) is 1.96. The van der Waals surface area contributed by atoms with Crippen LogP contribution >= 0.6 is 0 Å². The topological polar surface area (TPSA) is 37.3 Å². The number of aliphatic hydroxyl groups excluding tert-OH is 1. The Balaban J connectivity index is 2.64. The lowest BCUT2D eigenvalue weighted by Gasteiger charge is -2.03. The number of rotatable bonds is 0. The minimum absolute atomic E-state index is 0.0498. The Labute approximate surface area is 47.8 Å². The van der Waals surface area contributed by atoms with Gasteiger partial charge in [-0.3, -0.25) is 4.79 Å². The van der Waals surface area contributed by atoms with Gasteiger partial charge in [0.1, 0.15) is 0 Å². The summed E-state index contributed by atoms with van der Waals surface area (Å²) in [5.41, 5.74) is 0. The highest BCUT2D eigenvalue weighted by Crippen LogP contribution is 2.11. The molecule has 0 aliphatic heterocycles. The molecule has 0 amide bonds. The van der Waals surface area contributed by atoms with Crippen LogP contribution in [-0.2, 0) is 4.79 Å². The van der Waals surface area contributed by atoms with Crippen molar-refractivity contribution >= 4 is 5.78 Å². The molecule has 0 saturated carbocycles. The molecule has 0 aromatic rings. The monoisotopic (exact) mass is 112 g/mol. The van der Waals surface area contributed by atoms with Gasteiger partial charge in [0.15, 0.2) is 5.78 Å². The minimum Gasteiger partial charge on any atom is -0.512 e. The third-order valence-corrected chi connectivity index (χ3v) is 1.18. The molecular weight excluding hydrogens is 104 g/mol. The van der Waals surface area contributed by atoms with Crippen molar-refractivity contribution in [1.29, 1.82) is 0 Å². The third-order valence-electron chi connectivity index (χ3n) is 1.18. The number of hydrogen-bond acceptors (Lipinski definition) is 2. The van der Waals surface area contributed by atoms with E-state index in [9.17, 15) is 4.79 Å². The summed E-state index contributed by atoms with van der Waals surface area (Å²) in [6, 6.07) is 0. The van der Waals surface area contributed by atoms with Crippen molar-refractivity contribution in [3.63, 3.8) is 0 Å². The molecule has 0 bridgehead atoms. The molecule has 2 heteroatoms. The predicted molar refractivity (Wildman–Crippen MR) is 29.6 cm³/mol. The van der Waals surface area contributed by atoms with Crippen molar-refractivity contribution in [3.8, 4) is 0 Å². The largest absolute Gasteiger partial charge is 0.512 e. The van der Waals surface area contributed by atoms with Crippen molar-refractivity contribution < 1.29 is 9.90 Å². The van der Waals surface area contributed by atoms with Crippen molar-refractivity contribution in [2.75, 3.05) is 0 Å². The van der Waals surface area contributed by atoms with Gasteiger partial charge in [0.2, 0.25) is 0 Å². The van der Waals surface area contributed by atoms with Gasteiger partial charge in [0, 0.05) is 18.9 Å². The predicted octanol–water partition coefficient (Wildman–Crippen LogP) is 1.18. The highest BCUT2D eigenvalue weighted by Gasteiger charge is 2.06. The molecule has 1 rings (SSSR count). The molecule has 1 aliphatic carbocycles. The summed E-state index contributed by atoms with van der Waals surface area (Å²) in [5, 5.41) is 8.72. The summed E-state index contributed by atoms with van der Waals surface area (Å²) in [7, 11) is 0. The Morgan fingerprint density at radius 3 is 2.62 bits per heavy atom. The van der Waals surface area contributed by atoms with Crippen LogP contribution in [0.25, 0.3) is 0 Å². The number of ketones is 1. The fourth-order valence-electron chi connectivity index (χ4n) is 0.774. The summed E-state index contributed by atoms with van der Waals surface area (Å²) < 4.78 is 0. The summed E-state index contributed by atoms with van der Waals surface area (Å²) in [4.78, 5) is 10.4.